The predicted molar refractivity (Wildman–Crippen MR) is 89.9 cm³/mol. The molecular weight excluding hydrogens is 330 g/mol. The van der Waals surface area contributed by atoms with Crippen LogP contribution >= 0.6 is 0 Å². The highest BCUT2D eigenvalue weighted by Gasteiger charge is 2.16. The van der Waals surface area contributed by atoms with Gasteiger partial charge in [-0.2, -0.15) is 8.78 Å². The first-order chi connectivity index (χ1) is 12.0. The lowest BCUT2D eigenvalue weighted by atomic mass is 10.1. The first kappa shape index (κ1) is 18.4. The number of carbonyl (C=O) groups excluding carboxylic acids is 2. The van der Waals surface area contributed by atoms with E-state index in [4.69, 9.17) is 0 Å². The van der Waals surface area contributed by atoms with Crippen molar-refractivity contribution in [1.29, 1.82) is 0 Å². The zero-order valence-corrected chi connectivity index (χ0v) is 13.6. The lowest BCUT2D eigenvalue weighted by Crippen LogP contribution is -2.33. The highest BCUT2D eigenvalue weighted by atomic mass is 19.3. The van der Waals surface area contributed by atoms with Crippen molar-refractivity contribution in [2.45, 2.75) is 20.0 Å². The summed E-state index contributed by atoms with van der Waals surface area (Å²) >= 11 is 0. The first-order valence-corrected chi connectivity index (χ1v) is 7.71. The Morgan fingerprint density at radius 3 is 2.48 bits per heavy atom. The molecule has 2 N–H and O–H groups in total. The van der Waals surface area contributed by atoms with Gasteiger partial charge in [-0.3, -0.25) is 9.59 Å². The van der Waals surface area contributed by atoms with Gasteiger partial charge in [0.05, 0.1) is 12.1 Å². The van der Waals surface area contributed by atoms with E-state index in [0.29, 0.717) is 5.69 Å². The SMILES string of the molecule is CCc1ccccc1NC(=O)CNC(=O)c1ccccc1OC(F)F. The molecule has 2 amide bonds. The molecule has 5 nitrogen and oxygen atoms in total. The second-order valence-corrected chi connectivity index (χ2v) is 5.12. The van der Waals surface area contributed by atoms with Crippen molar-refractivity contribution in [3.05, 3.63) is 59.7 Å². The van der Waals surface area contributed by atoms with Gasteiger partial charge in [0.1, 0.15) is 5.75 Å². The van der Waals surface area contributed by atoms with Crippen LogP contribution in [0.25, 0.3) is 0 Å². The van der Waals surface area contributed by atoms with Gasteiger partial charge in [0.15, 0.2) is 0 Å². The minimum Gasteiger partial charge on any atom is -0.434 e. The van der Waals surface area contributed by atoms with Crippen LogP contribution in [0.15, 0.2) is 48.5 Å². The Kier molecular flexibility index (Phi) is 6.45. The number of amides is 2. The van der Waals surface area contributed by atoms with Crippen LogP contribution in [-0.4, -0.2) is 25.0 Å². The van der Waals surface area contributed by atoms with Gasteiger partial charge < -0.3 is 15.4 Å². The maximum absolute atomic E-state index is 12.4. The van der Waals surface area contributed by atoms with Crippen molar-refractivity contribution in [2.24, 2.45) is 0 Å². The summed E-state index contributed by atoms with van der Waals surface area (Å²) in [7, 11) is 0. The van der Waals surface area contributed by atoms with Crippen molar-refractivity contribution in [3.8, 4) is 5.75 Å². The number of hydrogen-bond acceptors (Lipinski definition) is 3. The molecule has 7 heteroatoms. The molecule has 132 valence electrons. The van der Waals surface area contributed by atoms with E-state index in [1.807, 2.05) is 19.1 Å². The number of halogens is 2. The standard InChI is InChI=1S/C18H18F2N2O3/c1-2-12-7-3-5-9-14(12)22-16(23)11-21-17(24)13-8-4-6-10-15(13)25-18(19)20/h3-10,18H,2,11H2,1H3,(H,21,24)(H,22,23). The number of nitrogens with one attached hydrogen (secondary N) is 2. The smallest absolute Gasteiger partial charge is 0.387 e. The van der Waals surface area contributed by atoms with Gasteiger partial charge in [0.2, 0.25) is 5.91 Å². The van der Waals surface area contributed by atoms with Crippen LogP contribution in [0.4, 0.5) is 14.5 Å². The molecular formula is C18H18F2N2O3. The molecule has 0 saturated carbocycles. The van der Waals surface area contributed by atoms with Crippen molar-refractivity contribution in [2.75, 3.05) is 11.9 Å². The fraction of sp³-hybridized carbons (Fsp3) is 0.222. The van der Waals surface area contributed by atoms with E-state index < -0.39 is 18.4 Å². The summed E-state index contributed by atoms with van der Waals surface area (Å²) in [5.74, 6) is -1.33. The number of benzene rings is 2. The maximum Gasteiger partial charge on any atom is 0.387 e. The number of carbonyl (C=O) groups is 2. The number of aryl methyl sites for hydroxylation is 1. The molecule has 0 aliphatic rings. The number of para-hydroxylation sites is 2. The van der Waals surface area contributed by atoms with E-state index in [2.05, 4.69) is 15.4 Å². The van der Waals surface area contributed by atoms with Crippen molar-refractivity contribution < 1.29 is 23.1 Å². The summed E-state index contributed by atoms with van der Waals surface area (Å²) in [4.78, 5) is 24.1. The third kappa shape index (κ3) is 5.27. The molecule has 25 heavy (non-hydrogen) atoms. The average Bonchev–Trinajstić information content (AvgIpc) is 2.60. The van der Waals surface area contributed by atoms with Gasteiger partial charge >= 0.3 is 6.61 Å². The molecule has 0 unspecified atom stereocenters. The summed E-state index contributed by atoms with van der Waals surface area (Å²) in [5.41, 5.74) is 1.58. The van der Waals surface area contributed by atoms with Gasteiger partial charge in [0.25, 0.3) is 5.91 Å². The Morgan fingerprint density at radius 1 is 1.08 bits per heavy atom. The van der Waals surface area contributed by atoms with Crippen molar-refractivity contribution in [3.63, 3.8) is 0 Å². The number of rotatable bonds is 7. The fourth-order valence-corrected chi connectivity index (χ4v) is 2.25. The lowest BCUT2D eigenvalue weighted by molar-refractivity contribution is -0.115. The molecule has 2 aromatic rings. The molecule has 0 atom stereocenters. The zero-order valence-electron chi connectivity index (χ0n) is 13.6. The average molecular weight is 348 g/mol. The first-order valence-electron chi connectivity index (χ1n) is 7.71. The zero-order chi connectivity index (χ0) is 18.2. The number of anilines is 1. The topological polar surface area (TPSA) is 67.4 Å². The summed E-state index contributed by atoms with van der Waals surface area (Å²) in [6.45, 7) is -1.37. The molecule has 2 aromatic carbocycles. The van der Waals surface area contributed by atoms with E-state index in [1.165, 1.54) is 24.3 Å². The van der Waals surface area contributed by atoms with E-state index in [-0.39, 0.29) is 17.9 Å². The van der Waals surface area contributed by atoms with Crippen LogP contribution in [0.1, 0.15) is 22.8 Å². The van der Waals surface area contributed by atoms with E-state index >= 15 is 0 Å². The molecule has 0 aliphatic heterocycles. The largest absolute Gasteiger partial charge is 0.434 e. The second-order valence-electron chi connectivity index (χ2n) is 5.12. The van der Waals surface area contributed by atoms with E-state index in [0.717, 1.165) is 12.0 Å². The number of hydrogen-bond donors (Lipinski definition) is 2. The third-order valence-electron chi connectivity index (χ3n) is 3.43. The Morgan fingerprint density at radius 2 is 1.76 bits per heavy atom. The third-order valence-corrected chi connectivity index (χ3v) is 3.43. The summed E-state index contributed by atoms with van der Waals surface area (Å²) in [6, 6.07) is 12.9. The fourth-order valence-electron chi connectivity index (χ4n) is 2.25. The van der Waals surface area contributed by atoms with Crippen LogP contribution in [0, 0.1) is 0 Å². The maximum atomic E-state index is 12.4. The molecule has 0 saturated heterocycles. The lowest BCUT2D eigenvalue weighted by Gasteiger charge is -2.12. The molecule has 2 rings (SSSR count). The van der Waals surface area contributed by atoms with Crippen LogP contribution < -0.4 is 15.4 Å². The summed E-state index contributed by atoms with van der Waals surface area (Å²) < 4.78 is 29.1. The molecule has 0 radical (unpaired) electrons. The summed E-state index contributed by atoms with van der Waals surface area (Å²) in [6.07, 6.45) is 0.751. The Balaban J connectivity index is 1.97. The summed E-state index contributed by atoms with van der Waals surface area (Å²) in [5, 5.41) is 5.10. The minimum absolute atomic E-state index is 0.0652. The van der Waals surface area contributed by atoms with Gasteiger partial charge in [-0.05, 0) is 30.2 Å². The number of ether oxygens (including phenoxy) is 1. The highest BCUT2D eigenvalue weighted by molar-refractivity contribution is 6.01. The monoisotopic (exact) mass is 348 g/mol. The van der Waals surface area contributed by atoms with Crippen LogP contribution in [0.5, 0.6) is 5.75 Å². The second kappa shape index (κ2) is 8.77. The molecule has 0 spiro atoms. The Hall–Kier alpha value is -2.96. The molecule has 0 fully saturated rings. The molecule has 0 bridgehead atoms. The van der Waals surface area contributed by atoms with E-state index in [9.17, 15) is 18.4 Å². The van der Waals surface area contributed by atoms with Gasteiger partial charge in [-0.1, -0.05) is 37.3 Å². The Labute approximate surface area is 144 Å². The quantitative estimate of drug-likeness (QED) is 0.807. The van der Waals surface area contributed by atoms with Crippen LogP contribution in [-0.2, 0) is 11.2 Å². The van der Waals surface area contributed by atoms with Gasteiger partial charge in [-0.25, -0.2) is 0 Å². The van der Waals surface area contributed by atoms with Crippen LogP contribution in [0.3, 0.4) is 0 Å². The Bertz CT molecular complexity index is 751. The number of alkyl halides is 2. The van der Waals surface area contributed by atoms with Crippen molar-refractivity contribution >= 4 is 17.5 Å². The predicted octanol–water partition coefficient (Wildman–Crippen LogP) is 3.22. The van der Waals surface area contributed by atoms with Crippen LogP contribution in [0.2, 0.25) is 0 Å². The van der Waals surface area contributed by atoms with Gasteiger partial charge in [-0.15, -0.1) is 0 Å². The molecule has 0 aliphatic carbocycles. The normalized spacial score (nSPS) is 10.4. The van der Waals surface area contributed by atoms with Gasteiger partial charge in [0, 0.05) is 5.69 Å². The van der Waals surface area contributed by atoms with E-state index in [1.54, 1.807) is 12.1 Å². The highest BCUT2D eigenvalue weighted by Crippen LogP contribution is 2.20. The van der Waals surface area contributed by atoms with Crippen molar-refractivity contribution in [1.82, 2.24) is 5.32 Å². The molecule has 0 aromatic heterocycles. The minimum atomic E-state index is -3.04. The molecule has 0 heterocycles.